The lowest BCUT2D eigenvalue weighted by molar-refractivity contribution is -0.697. The van der Waals surface area contributed by atoms with Crippen molar-refractivity contribution in [3.05, 3.63) is 61.2 Å². The van der Waals surface area contributed by atoms with E-state index < -0.39 is 46.3 Å². The Kier molecular flexibility index (Phi) is 42.5. The summed E-state index contributed by atoms with van der Waals surface area (Å²) in [6.07, 6.45) is 13.5. The van der Waals surface area contributed by atoms with Crippen LogP contribution in [0.15, 0.2) is 61.2 Å². The number of alkyl halides is 6. The molecule has 0 aliphatic heterocycles. The van der Waals surface area contributed by atoms with Crippen molar-refractivity contribution in [3.8, 4) is 0 Å². The number of nitrogens with zero attached hydrogens (tertiary/aromatic N) is 2. The standard InChI is InChI=1S/2C9H14N.C4H9F3O3SSi.C3H9BrSi.CHF3O3S.4CH4.BrH/c2*1-2-3-7-10-8-5-4-6-9-10;1-12(2,3)10-11(8,9)4(5,6)7;1-5(2,3)4;2-1(3,4)8(5,6)7;;;;;/h2*4-6,8-9H,2-3,7H2,1H3;1-3H3;1-3H3;(H,5,6,7);4*1H4;1H/q2*+1;;;;;;;;/p-2. The van der Waals surface area contributed by atoms with Crippen molar-refractivity contribution in [3.63, 3.8) is 0 Å². The fourth-order valence-corrected chi connectivity index (χ4v) is 5.24. The van der Waals surface area contributed by atoms with Crippen molar-refractivity contribution in [1.82, 2.24) is 0 Å². The van der Waals surface area contributed by atoms with Crippen molar-refractivity contribution in [2.75, 3.05) is 0 Å². The zero-order valence-electron chi connectivity index (χ0n) is 27.2. The van der Waals surface area contributed by atoms with Crippen molar-refractivity contribution < 1.29 is 77.7 Å². The molecule has 2 rings (SSSR count). The van der Waals surface area contributed by atoms with Gasteiger partial charge in [0.15, 0.2) is 34.9 Å². The fraction of sp³-hybridized carbons (Fsp3) is 0.667. The van der Waals surface area contributed by atoms with Gasteiger partial charge in [0, 0.05) is 37.1 Å². The molecule has 0 aromatic carbocycles. The molecule has 0 fully saturated rings. The van der Waals surface area contributed by atoms with Gasteiger partial charge in [-0.1, -0.05) is 88.2 Å². The first-order valence-corrected chi connectivity index (χ1v) is 25.7. The summed E-state index contributed by atoms with van der Waals surface area (Å²) >= 11 is 3.51. The molecule has 50 heavy (non-hydrogen) atoms. The van der Waals surface area contributed by atoms with Crippen LogP contribution in [0.2, 0.25) is 39.3 Å². The third-order valence-electron chi connectivity index (χ3n) is 4.02. The van der Waals surface area contributed by atoms with Gasteiger partial charge in [-0.05, 0) is 19.6 Å². The summed E-state index contributed by atoms with van der Waals surface area (Å²) in [4.78, 5) is 0. The Labute approximate surface area is 320 Å². The smallest absolute Gasteiger partial charge is 0.522 e. The van der Waals surface area contributed by atoms with E-state index in [9.17, 15) is 34.8 Å². The molecule has 304 valence electrons. The number of halogens is 8. The molecule has 0 bridgehead atoms. The molecule has 0 spiro atoms. The first kappa shape index (κ1) is 67.2. The number of aromatic nitrogens is 2. The van der Waals surface area contributed by atoms with Gasteiger partial charge in [-0.2, -0.15) is 34.8 Å². The highest BCUT2D eigenvalue weighted by Crippen LogP contribution is 2.27. The van der Waals surface area contributed by atoms with Gasteiger partial charge >= 0.3 is 21.1 Å². The molecule has 8 nitrogen and oxygen atoms in total. The van der Waals surface area contributed by atoms with Gasteiger partial charge in [0.2, 0.25) is 8.32 Å². The second kappa shape index (κ2) is 31.6. The summed E-state index contributed by atoms with van der Waals surface area (Å²) in [5, 5.41) is 0. The highest BCUT2D eigenvalue weighted by atomic mass is 79.9. The summed E-state index contributed by atoms with van der Waals surface area (Å²) in [7, 11) is -14.2. The van der Waals surface area contributed by atoms with Crippen LogP contribution in [0.1, 0.15) is 69.2 Å². The largest absolute Gasteiger partial charge is 1.00 e. The van der Waals surface area contributed by atoms with E-state index in [0.29, 0.717) is 0 Å². The van der Waals surface area contributed by atoms with Crippen LogP contribution in [0.25, 0.3) is 0 Å². The van der Waals surface area contributed by atoms with Crippen LogP contribution in [0.4, 0.5) is 26.3 Å². The molecular formula is C30H62Br2F6N2O6S2Si2. The van der Waals surface area contributed by atoms with E-state index in [4.69, 9.17) is 13.0 Å². The maximum absolute atomic E-state index is 11.7. The molecular weight excluding hydrogens is 878 g/mol. The Balaban J connectivity index is -0.0000000732. The van der Waals surface area contributed by atoms with E-state index in [1.165, 1.54) is 45.3 Å². The second-order valence-corrected chi connectivity index (χ2v) is 29.9. The summed E-state index contributed by atoms with van der Waals surface area (Å²) in [6.45, 7) is 16.7. The molecule has 20 heteroatoms. The summed E-state index contributed by atoms with van der Waals surface area (Å²) in [5.74, 6) is 0. The van der Waals surface area contributed by atoms with Gasteiger partial charge < -0.3 is 25.4 Å². The van der Waals surface area contributed by atoms with Gasteiger partial charge in [-0.15, -0.1) is 15.3 Å². The zero-order chi connectivity index (χ0) is 36.2. The van der Waals surface area contributed by atoms with Gasteiger partial charge in [0.25, 0.3) is 0 Å². The summed E-state index contributed by atoms with van der Waals surface area (Å²) in [5.41, 5.74) is -11.0. The number of rotatable bonds is 8. The quantitative estimate of drug-likeness (QED) is 0.0702. The third kappa shape index (κ3) is 45.1. The first-order valence-electron chi connectivity index (χ1n) is 13.7. The van der Waals surface area contributed by atoms with Crippen LogP contribution in [-0.2, 0) is 37.2 Å². The summed E-state index contributed by atoms with van der Waals surface area (Å²) in [6, 6.07) is 12.3. The molecule has 2 aromatic rings. The van der Waals surface area contributed by atoms with Crippen LogP contribution < -0.4 is 26.1 Å². The minimum absolute atomic E-state index is 0. The molecule has 0 aliphatic carbocycles. The lowest BCUT2D eigenvalue weighted by atomic mass is 10.3. The molecule has 0 unspecified atom stereocenters. The summed E-state index contributed by atoms with van der Waals surface area (Å²) < 4.78 is 123. The van der Waals surface area contributed by atoms with E-state index in [1.807, 2.05) is 12.1 Å². The average molecular weight is 941 g/mol. The van der Waals surface area contributed by atoms with Crippen LogP contribution in [-0.4, -0.2) is 47.4 Å². The Morgan fingerprint density at radius 2 is 0.880 bits per heavy atom. The molecule has 0 aliphatic rings. The minimum Gasteiger partial charge on any atom is -1.00 e. The molecule has 0 saturated heterocycles. The van der Waals surface area contributed by atoms with Gasteiger partial charge in [0.1, 0.15) is 19.8 Å². The lowest BCUT2D eigenvalue weighted by Crippen LogP contribution is -3.00. The predicted octanol–water partition coefficient (Wildman–Crippen LogP) is 7.05. The Hall–Kier alpha value is -0.906. The van der Waals surface area contributed by atoms with Crippen LogP contribution >= 0.6 is 15.3 Å². The topological polar surface area (TPSA) is 108 Å². The van der Waals surface area contributed by atoms with Crippen LogP contribution in [0, 0.1) is 0 Å². The van der Waals surface area contributed by atoms with E-state index >= 15 is 0 Å². The van der Waals surface area contributed by atoms with Gasteiger partial charge in [-0.3, -0.25) is 0 Å². The molecule has 0 amide bonds. The van der Waals surface area contributed by atoms with E-state index in [1.54, 1.807) is 0 Å². The number of hydrogen-bond acceptors (Lipinski definition) is 6. The van der Waals surface area contributed by atoms with E-state index in [0.717, 1.165) is 13.1 Å². The molecule has 0 N–H and O–H groups in total. The fourth-order valence-electron chi connectivity index (χ4n) is 2.22. The molecule has 0 radical (unpaired) electrons. The van der Waals surface area contributed by atoms with Crippen LogP contribution in [0.3, 0.4) is 0 Å². The molecule has 2 aromatic heterocycles. The van der Waals surface area contributed by atoms with Gasteiger partial charge in [0.05, 0.1) is 0 Å². The number of unbranched alkanes of at least 4 members (excludes halogenated alkanes) is 2. The predicted molar refractivity (Wildman–Crippen MR) is 197 cm³/mol. The SMILES string of the molecule is C.C.C.C.CCCC[n+]1ccccc1.CCCC[n+]1ccccc1.C[Si](C)(C)Br.C[Si](C)(C)OS(=O)(=O)C(F)(F)F.O=S(=O)([O-])C(F)(F)F.[Br-]. The van der Waals surface area contributed by atoms with E-state index in [-0.39, 0.29) is 46.7 Å². The monoisotopic (exact) mass is 938 g/mol. The highest BCUT2D eigenvalue weighted by molar-refractivity contribution is 9.26. The number of hydrogen-bond donors (Lipinski definition) is 0. The maximum Gasteiger partial charge on any atom is 0.522 e. The van der Waals surface area contributed by atoms with Crippen LogP contribution in [0.5, 0.6) is 0 Å². The molecule has 2 heterocycles. The highest BCUT2D eigenvalue weighted by Gasteiger charge is 2.49. The van der Waals surface area contributed by atoms with E-state index in [2.05, 4.69) is 111 Å². The van der Waals surface area contributed by atoms with Crippen molar-refractivity contribution in [1.29, 1.82) is 0 Å². The average Bonchev–Trinajstić information content (AvgIpc) is 2.84. The van der Waals surface area contributed by atoms with Gasteiger partial charge in [-0.25, -0.2) is 17.6 Å². The minimum atomic E-state index is -6.09. The Morgan fingerprint density at radius 3 is 1.02 bits per heavy atom. The van der Waals surface area contributed by atoms with Crippen molar-refractivity contribution in [2.45, 2.75) is 133 Å². The maximum atomic E-state index is 11.7. The number of aryl methyl sites for hydroxylation is 2. The Bertz CT molecular complexity index is 1200. The second-order valence-electron chi connectivity index (χ2n) is 11.0. The Morgan fingerprint density at radius 1 is 0.640 bits per heavy atom. The zero-order valence-corrected chi connectivity index (χ0v) is 34.0. The number of pyridine rings is 2. The lowest BCUT2D eigenvalue weighted by Gasteiger charge is -2.17. The first-order chi connectivity index (χ1) is 20.1. The van der Waals surface area contributed by atoms with Crippen molar-refractivity contribution in [2.24, 2.45) is 0 Å². The van der Waals surface area contributed by atoms with Crippen molar-refractivity contribution >= 4 is 50.5 Å². The molecule has 0 saturated carbocycles. The normalized spacial score (nSPS) is 10.9. The third-order valence-corrected chi connectivity index (χ3v) is 8.03. The molecule has 0 atom stereocenters.